The highest BCUT2D eigenvalue weighted by Crippen LogP contribution is 2.33. The Bertz CT molecular complexity index is 1700. The third kappa shape index (κ3) is 7.29. The summed E-state index contributed by atoms with van der Waals surface area (Å²) in [6.45, 7) is 0.890. The Balaban J connectivity index is 1.31. The minimum Gasteiger partial charge on any atom is -0.472 e. The summed E-state index contributed by atoms with van der Waals surface area (Å²) in [5, 5.41) is 6.07. The first kappa shape index (κ1) is 30.8. The fourth-order valence-corrected chi connectivity index (χ4v) is 4.67. The molecule has 228 valence electrons. The van der Waals surface area contributed by atoms with Gasteiger partial charge in [0.15, 0.2) is 0 Å². The number of amides is 1. The molecule has 1 amide bonds. The molecule has 3 aromatic carbocycles. The molecular weight excluding hydrogens is 599 g/mol. The number of benzene rings is 3. The van der Waals surface area contributed by atoms with Crippen LogP contribution < -0.4 is 15.4 Å². The first-order chi connectivity index (χ1) is 21.2. The summed E-state index contributed by atoms with van der Waals surface area (Å²) < 4.78 is 60.7. The van der Waals surface area contributed by atoms with Crippen LogP contribution in [0.4, 0.5) is 24.5 Å². The molecule has 1 aliphatic rings. The topological polar surface area (TPSA) is 98.8 Å². The Morgan fingerprint density at radius 3 is 2.50 bits per heavy atom. The van der Waals surface area contributed by atoms with Gasteiger partial charge in [0.25, 0.3) is 0 Å². The van der Waals surface area contributed by atoms with Crippen molar-refractivity contribution in [1.29, 1.82) is 0 Å². The number of nitrogens with one attached hydrogen (secondary N) is 2. The number of pyridine rings is 1. The number of esters is 1. The maximum Gasteiger partial charge on any atom is 0.337 e. The van der Waals surface area contributed by atoms with E-state index in [4.69, 9.17) is 25.8 Å². The maximum atomic E-state index is 15.4. The van der Waals surface area contributed by atoms with E-state index in [1.165, 1.54) is 55.8 Å². The average Bonchev–Trinajstić information content (AvgIpc) is 2.98. The van der Waals surface area contributed by atoms with Crippen molar-refractivity contribution >= 4 is 34.9 Å². The minimum absolute atomic E-state index is 0.000234. The summed E-state index contributed by atoms with van der Waals surface area (Å²) >= 11 is 5.80. The van der Waals surface area contributed by atoms with Crippen LogP contribution in [0.15, 0.2) is 66.9 Å². The lowest BCUT2D eigenvalue weighted by molar-refractivity contribution is -0.115. The van der Waals surface area contributed by atoms with Crippen molar-refractivity contribution in [2.75, 3.05) is 30.9 Å². The van der Waals surface area contributed by atoms with Gasteiger partial charge in [-0.3, -0.25) is 4.79 Å². The first-order valence-corrected chi connectivity index (χ1v) is 14.0. The van der Waals surface area contributed by atoms with Crippen molar-refractivity contribution < 1.29 is 37.0 Å². The zero-order valence-electron chi connectivity index (χ0n) is 23.5. The maximum absolute atomic E-state index is 15.4. The van der Waals surface area contributed by atoms with E-state index in [0.29, 0.717) is 24.5 Å². The zero-order chi connectivity index (χ0) is 31.2. The van der Waals surface area contributed by atoms with Crippen molar-refractivity contribution in [3.05, 3.63) is 106 Å². The van der Waals surface area contributed by atoms with E-state index < -0.39 is 35.7 Å². The van der Waals surface area contributed by atoms with Crippen molar-refractivity contribution in [1.82, 2.24) is 4.98 Å². The molecule has 2 heterocycles. The van der Waals surface area contributed by atoms with Crippen molar-refractivity contribution in [2.24, 2.45) is 0 Å². The standard InChI is InChI=1S/C32H27ClF3N3O5/c1-42-32(41)18-5-7-28(29(12-18)38-16-22-8-10-43-22)39-30(40)13-20-11-27(36)24(15-26(20)35)23-3-2-9-37-31(23)44-17-19-4-6-21(33)14-25(19)34/h2-7,9,11-12,14-15,22,38H,8,10,13,16-17H2,1H3,(H,39,40)/t22-/m0/s1. The number of hydrogen-bond acceptors (Lipinski definition) is 7. The zero-order valence-corrected chi connectivity index (χ0v) is 24.2. The third-order valence-corrected chi connectivity index (χ3v) is 7.19. The summed E-state index contributed by atoms with van der Waals surface area (Å²) in [5.41, 5.74) is 1.08. The van der Waals surface area contributed by atoms with Crippen LogP contribution >= 0.6 is 11.6 Å². The van der Waals surface area contributed by atoms with Gasteiger partial charge in [0, 0.05) is 46.6 Å². The minimum atomic E-state index is -0.823. The van der Waals surface area contributed by atoms with Gasteiger partial charge in [-0.1, -0.05) is 17.7 Å². The van der Waals surface area contributed by atoms with Gasteiger partial charge >= 0.3 is 5.97 Å². The molecule has 0 radical (unpaired) electrons. The number of anilines is 2. The van der Waals surface area contributed by atoms with Gasteiger partial charge in [0.05, 0.1) is 36.6 Å². The van der Waals surface area contributed by atoms with E-state index in [-0.39, 0.29) is 51.4 Å². The molecule has 0 aliphatic carbocycles. The molecular formula is C32H27ClF3N3O5. The molecule has 1 fully saturated rings. The number of methoxy groups -OCH3 is 1. The second kappa shape index (κ2) is 13.8. The summed E-state index contributed by atoms with van der Waals surface area (Å²) in [4.78, 5) is 29.1. The number of nitrogens with zero attached hydrogens (tertiary/aromatic N) is 1. The summed E-state index contributed by atoms with van der Waals surface area (Å²) in [6, 6.07) is 13.6. The summed E-state index contributed by atoms with van der Waals surface area (Å²) in [7, 11) is 1.26. The smallest absolute Gasteiger partial charge is 0.337 e. The van der Waals surface area contributed by atoms with E-state index in [1.54, 1.807) is 0 Å². The molecule has 8 nitrogen and oxygen atoms in total. The number of hydrogen-bond donors (Lipinski definition) is 2. The van der Waals surface area contributed by atoms with E-state index in [1.807, 2.05) is 0 Å². The Labute approximate surface area is 256 Å². The number of aromatic nitrogens is 1. The number of halogens is 4. The second-order valence-corrected chi connectivity index (χ2v) is 10.4. The van der Waals surface area contributed by atoms with Crippen LogP contribution in [0.2, 0.25) is 5.02 Å². The highest BCUT2D eigenvalue weighted by molar-refractivity contribution is 6.30. The van der Waals surface area contributed by atoms with E-state index in [2.05, 4.69) is 15.6 Å². The first-order valence-electron chi connectivity index (χ1n) is 13.6. The monoisotopic (exact) mass is 625 g/mol. The number of ether oxygens (including phenoxy) is 3. The van der Waals surface area contributed by atoms with Crippen molar-refractivity contribution in [3.8, 4) is 17.0 Å². The Morgan fingerprint density at radius 1 is 0.977 bits per heavy atom. The normalized spacial score (nSPS) is 14.0. The molecule has 0 saturated carbocycles. The van der Waals surface area contributed by atoms with Gasteiger partial charge in [-0.15, -0.1) is 0 Å². The van der Waals surface area contributed by atoms with Gasteiger partial charge in [0.1, 0.15) is 24.1 Å². The lowest BCUT2D eigenvalue weighted by Gasteiger charge is -2.27. The summed E-state index contributed by atoms with van der Waals surface area (Å²) in [5.74, 6) is -3.41. The molecule has 12 heteroatoms. The fourth-order valence-electron chi connectivity index (χ4n) is 4.51. The predicted octanol–water partition coefficient (Wildman–Crippen LogP) is 6.57. The summed E-state index contributed by atoms with van der Waals surface area (Å²) in [6.07, 6.45) is 1.81. The van der Waals surface area contributed by atoms with Crippen LogP contribution in [-0.4, -0.2) is 43.2 Å². The Hall–Kier alpha value is -4.61. The Kier molecular flexibility index (Phi) is 9.66. The molecule has 2 N–H and O–H groups in total. The quantitative estimate of drug-likeness (QED) is 0.182. The molecule has 5 rings (SSSR count). The number of rotatable bonds is 11. The number of carbonyl (C=O) groups is 2. The molecule has 0 spiro atoms. The van der Waals surface area contributed by atoms with Gasteiger partial charge in [-0.05, 0) is 61.0 Å². The van der Waals surface area contributed by atoms with Gasteiger partial charge in [-0.2, -0.15) is 0 Å². The molecule has 44 heavy (non-hydrogen) atoms. The number of carbonyl (C=O) groups excluding carboxylic acids is 2. The van der Waals surface area contributed by atoms with Gasteiger partial charge in [-0.25, -0.2) is 22.9 Å². The van der Waals surface area contributed by atoms with Crippen LogP contribution in [0.25, 0.3) is 11.1 Å². The van der Waals surface area contributed by atoms with Crippen molar-refractivity contribution in [2.45, 2.75) is 25.6 Å². The van der Waals surface area contributed by atoms with E-state index in [9.17, 15) is 14.0 Å². The molecule has 1 atom stereocenters. The predicted molar refractivity (Wildman–Crippen MR) is 158 cm³/mol. The lowest BCUT2D eigenvalue weighted by Crippen LogP contribution is -2.33. The largest absolute Gasteiger partial charge is 0.472 e. The third-order valence-electron chi connectivity index (χ3n) is 6.96. The van der Waals surface area contributed by atoms with E-state index in [0.717, 1.165) is 24.6 Å². The van der Waals surface area contributed by atoms with Gasteiger partial charge in [0.2, 0.25) is 11.8 Å². The van der Waals surface area contributed by atoms with Crippen LogP contribution in [0.5, 0.6) is 5.88 Å². The van der Waals surface area contributed by atoms with Crippen LogP contribution in [0.3, 0.4) is 0 Å². The fraction of sp³-hybridized carbons (Fsp3) is 0.219. The SMILES string of the molecule is COC(=O)c1ccc(NC(=O)Cc2cc(F)c(-c3cccnc3OCc3ccc(Cl)cc3F)cc2F)c(NC[C@@H]2CCO2)c1. The lowest BCUT2D eigenvalue weighted by atomic mass is 10.0. The molecule has 0 bridgehead atoms. The molecule has 4 aromatic rings. The molecule has 1 aromatic heterocycles. The highest BCUT2D eigenvalue weighted by atomic mass is 35.5. The van der Waals surface area contributed by atoms with Crippen LogP contribution in [0.1, 0.15) is 27.9 Å². The van der Waals surface area contributed by atoms with E-state index >= 15 is 8.78 Å². The second-order valence-electron chi connectivity index (χ2n) is 9.94. The highest BCUT2D eigenvalue weighted by Gasteiger charge is 2.21. The average molecular weight is 626 g/mol. The van der Waals surface area contributed by atoms with Gasteiger partial charge < -0.3 is 24.8 Å². The van der Waals surface area contributed by atoms with Crippen LogP contribution in [-0.2, 0) is 27.3 Å². The Morgan fingerprint density at radius 2 is 1.77 bits per heavy atom. The van der Waals surface area contributed by atoms with Crippen molar-refractivity contribution in [3.63, 3.8) is 0 Å². The molecule has 1 saturated heterocycles. The molecule has 1 aliphatic heterocycles. The molecule has 0 unspecified atom stereocenters. The van der Waals surface area contributed by atoms with Crippen LogP contribution in [0, 0.1) is 17.5 Å².